The Bertz CT molecular complexity index is 843. The fraction of sp³-hybridized carbons (Fsp3) is 0.667. The summed E-state index contributed by atoms with van der Waals surface area (Å²) in [7, 11) is -3.69. The van der Waals surface area contributed by atoms with Crippen LogP contribution in [0.5, 0.6) is 0 Å². The van der Waals surface area contributed by atoms with Gasteiger partial charge >= 0.3 is 0 Å². The van der Waals surface area contributed by atoms with Gasteiger partial charge in [-0.3, -0.25) is 9.59 Å². The van der Waals surface area contributed by atoms with Crippen molar-refractivity contribution in [1.29, 1.82) is 0 Å². The fourth-order valence-electron chi connectivity index (χ4n) is 3.33. The summed E-state index contributed by atoms with van der Waals surface area (Å²) in [5.41, 5.74) is 5.50. The molecular formula is C18H30N4O4S. The lowest BCUT2D eigenvalue weighted by Gasteiger charge is -2.42. The lowest BCUT2D eigenvalue weighted by Crippen LogP contribution is -2.54. The molecule has 0 aromatic carbocycles. The topological polar surface area (TPSA) is 106 Å². The molecule has 0 aliphatic carbocycles. The molecule has 2 rings (SSSR count). The molecule has 0 bridgehead atoms. The molecule has 0 radical (unpaired) electrons. The average Bonchev–Trinajstić information content (AvgIpc) is 2.59. The molecule has 1 atom stereocenters. The van der Waals surface area contributed by atoms with Crippen LogP contribution >= 0.6 is 0 Å². The van der Waals surface area contributed by atoms with Crippen LogP contribution in [0.25, 0.3) is 0 Å². The second-order valence-corrected chi connectivity index (χ2v) is 9.56. The number of nitrogens with zero attached hydrogens (tertiary/aromatic N) is 3. The summed E-state index contributed by atoms with van der Waals surface area (Å²) in [6.45, 7) is 9.06. The molecule has 2 heterocycles. The van der Waals surface area contributed by atoms with Crippen molar-refractivity contribution >= 4 is 15.9 Å². The number of amides is 1. The van der Waals surface area contributed by atoms with E-state index in [-0.39, 0.29) is 28.8 Å². The summed E-state index contributed by atoms with van der Waals surface area (Å²) in [6, 6.07) is 2.51. The molecule has 1 aromatic rings. The molecular weight excluding hydrogens is 368 g/mol. The van der Waals surface area contributed by atoms with Crippen molar-refractivity contribution in [1.82, 2.24) is 13.8 Å². The van der Waals surface area contributed by atoms with Crippen LogP contribution in [0.15, 0.2) is 28.0 Å². The van der Waals surface area contributed by atoms with Gasteiger partial charge in [0.25, 0.3) is 5.56 Å². The first-order valence-corrected chi connectivity index (χ1v) is 10.7. The molecule has 1 amide bonds. The van der Waals surface area contributed by atoms with Crippen LogP contribution in [-0.4, -0.2) is 60.3 Å². The summed E-state index contributed by atoms with van der Waals surface area (Å²) in [5, 5.41) is 0. The van der Waals surface area contributed by atoms with E-state index < -0.39 is 15.6 Å². The minimum Gasteiger partial charge on any atom is -0.340 e. The van der Waals surface area contributed by atoms with Gasteiger partial charge in [-0.05, 0) is 17.9 Å². The predicted octanol–water partition coefficient (Wildman–Crippen LogP) is 0.465. The van der Waals surface area contributed by atoms with Gasteiger partial charge in [0, 0.05) is 44.5 Å². The molecule has 9 heteroatoms. The molecule has 1 saturated heterocycles. The van der Waals surface area contributed by atoms with Gasteiger partial charge in [0.1, 0.15) is 6.54 Å². The first-order chi connectivity index (χ1) is 12.5. The van der Waals surface area contributed by atoms with Crippen LogP contribution < -0.4 is 11.3 Å². The van der Waals surface area contributed by atoms with Crippen molar-refractivity contribution in [3.05, 3.63) is 28.7 Å². The highest BCUT2D eigenvalue weighted by molar-refractivity contribution is 7.89. The zero-order valence-corrected chi connectivity index (χ0v) is 17.3. The van der Waals surface area contributed by atoms with Crippen molar-refractivity contribution in [3.63, 3.8) is 0 Å². The Hall–Kier alpha value is -1.71. The maximum Gasteiger partial charge on any atom is 0.251 e. The number of piperidine rings is 1. The van der Waals surface area contributed by atoms with Crippen LogP contribution in [0.4, 0.5) is 0 Å². The van der Waals surface area contributed by atoms with E-state index in [4.69, 9.17) is 5.73 Å². The van der Waals surface area contributed by atoms with Crippen molar-refractivity contribution in [2.24, 2.45) is 11.1 Å². The van der Waals surface area contributed by atoms with Crippen molar-refractivity contribution in [3.8, 4) is 0 Å². The van der Waals surface area contributed by atoms with Gasteiger partial charge in [-0.2, -0.15) is 4.31 Å². The Morgan fingerprint density at radius 3 is 2.48 bits per heavy atom. The van der Waals surface area contributed by atoms with E-state index in [1.54, 1.807) is 18.7 Å². The van der Waals surface area contributed by atoms with Gasteiger partial charge in [0.15, 0.2) is 0 Å². The van der Waals surface area contributed by atoms with E-state index in [1.807, 2.05) is 13.8 Å². The second-order valence-electron chi connectivity index (χ2n) is 7.62. The Labute approximate surface area is 161 Å². The van der Waals surface area contributed by atoms with E-state index in [2.05, 4.69) is 0 Å². The van der Waals surface area contributed by atoms with Crippen molar-refractivity contribution in [2.75, 3.05) is 26.2 Å². The van der Waals surface area contributed by atoms with Gasteiger partial charge in [-0.1, -0.05) is 27.7 Å². The highest BCUT2D eigenvalue weighted by Gasteiger charge is 2.35. The number of carbonyl (C=O) groups is 1. The van der Waals surface area contributed by atoms with E-state index in [9.17, 15) is 18.0 Å². The molecule has 0 spiro atoms. The first kappa shape index (κ1) is 21.6. The van der Waals surface area contributed by atoms with Gasteiger partial charge < -0.3 is 15.2 Å². The predicted molar refractivity (Wildman–Crippen MR) is 104 cm³/mol. The molecule has 0 saturated carbocycles. The number of nitrogens with two attached hydrogens (primary N) is 1. The van der Waals surface area contributed by atoms with Gasteiger partial charge in [0.2, 0.25) is 15.9 Å². The average molecular weight is 399 g/mol. The van der Waals surface area contributed by atoms with Crippen LogP contribution in [0.1, 0.15) is 34.1 Å². The van der Waals surface area contributed by atoms with Crippen LogP contribution in [0.3, 0.4) is 0 Å². The third-order valence-electron chi connectivity index (χ3n) is 5.27. The summed E-state index contributed by atoms with van der Waals surface area (Å²) in [4.78, 5) is 26.6. The molecule has 2 N–H and O–H groups in total. The highest BCUT2D eigenvalue weighted by atomic mass is 32.2. The fourth-order valence-corrected chi connectivity index (χ4v) is 4.81. The maximum atomic E-state index is 12.7. The Kier molecular flexibility index (Phi) is 6.49. The quantitative estimate of drug-likeness (QED) is 0.750. The van der Waals surface area contributed by atoms with E-state index in [0.717, 1.165) is 0 Å². The van der Waals surface area contributed by atoms with Crippen molar-refractivity contribution < 1.29 is 13.2 Å². The van der Waals surface area contributed by atoms with E-state index >= 15 is 0 Å². The number of pyridine rings is 1. The van der Waals surface area contributed by atoms with Gasteiger partial charge in [0.05, 0.1) is 4.90 Å². The summed E-state index contributed by atoms with van der Waals surface area (Å²) in [6.07, 6.45) is 1.96. The number of hydrogen-bond donors (Lipinski definition) is 1. The molecule has 8 nitrogen and oxygen atoms in total. The van der Waals surface area contributed by atoms with Gasteiger partial charge in [-0.15, -0.1) is 0 Å². The standard InChI is InChI=1S/C18H30N4O4S/c1-5-22(6-2)27(25,26)14-7-8-16(23)21(11-14)12-17(24)20-10-9-15(19)18(3,4)13-20/h7-8,11,15H,5-6,9-10,12-13,19H2,1-4H3. The number of aromatic nitrogens is 1. The monoisotopic (exact) mass is 398 g/mol. The summed E-state index contributed by atoms with van der Waals surface area (Å²) >= 11 is 0. The zero-order chi connectivity index (χ0) is 20.4. The SMILES string of the molecule is CCN(CC)S(=O)(=O)c1ccc(=O)n(CC(=O)N2CCC(N)C(C)(C)C2)c1. The molecule has 152 valence electrons. The first-order valence-electron chi connectivity index (χ1n) is 9.27. The molecule has 1 unspecified atom stereocenters. The summed E-state index contributed by atoms with van der Waals surface area (Å²) in [5.74, 6) is -0.213. The van der Waals surface area contributed by atoms with E-state index in [1.165, 1.54) is 27.2 Å². The maximum absolute atomic E-state index is 12.7. The molecule has 1 aliphatic rings. The third kappa shape index (κ3) is 4.59. The minimum atomic E-state index is -3.69. The Balaban J connectivity index is 2.25. The molecule has 1 aromatic heterocycles. The Morgan fingerprint density at radius 2 is 1.93 bits per heavy atom. The van der Waals surface area contributed by atoms with E-state index in [0.29, 0.717) is 32.6 Å². The third-order valence-corrected chi connectivity index (χ3v) is 7.30. The molecule has 1 fully saturated rings. The van der Waals surface area contributed by atoms with Gasteiger partial charge in [-0.25, -0.2) is 8.42 Å². The van der Waals surface area contributed by atoms with Crippen LogP contribution in [0.2, 0.25) is 0 Å². The number of rotatable bonds is 6. The number of likely N-dealkylation sites (tertiary alicyclic amines) is 1. The largest absolute Gasteiger partial charge is 0.340 e. The lowest BCUT2D eigenvalue weighted by molar-refractivity contribution is -0.135. The normalized spacial score (nSPS) is 20.1. The molecule has 1 aliphatic heterocycles. The van der Waals surface area contributed by atoms with Crippen LogP contribution in [0, 0.1) is 5.41 Å². The Morgan fingerprint density at radius 1 is 1.30 bits per heavy atom. The smallest absolute Gasteiger partial charge is 0.251 e. The summed E-state index contributed by atoms with van der Waals surface area (Å²) < 4.78 is 27.8. The second kappa shape index (κ2) is 8.12. The highest BCUT2D eigenvalue weighted by Crippen LogP contribution is 2.27. The number of sulfonamides is 1. The molecule has 27 heavy (non-hydrogen) atoms. The van der Waals surface area contributed by atoms with Crippen LogP contribution in [-0.2, 0) is 21.4 Å². The zero-order valence-electron chi connectivity index (χ0n) is 16.5. The van der Waals surface area contributed by atoms with Crippen molar-refractivity contribution in [2.45, 2.75) is 51.6 Å². The number of hydrogen-bond acceptors (Lipinski definition) is 5. The number of carbonyl (C=O) groups excluding carboxylic acids is 1. The lowest BCUT2D eigenvalue weighted by atomic mass is 9.79. The minimum absolute atomic E-state index is 0.0135.